The van der Waals surface area contributed by atoms with Gasteiger partial charge in [0.15, 0.2) is 0 Å². The minimum absolute atomic E-state index is 0.415. The van der Waals surface area contributed by atoms with Gasteiger partial charge in [-0.15, -0.1) is 0 Å². The van der Waals surface area contributed by atoms with Crippen molar-refractivity contribution in [2.24, 2.45) is 0 Å². The van der Waals surface area contributed by atoms with Crippen LogP contribution in [-0.4, -0.2) is 12.2 Å². The Morgan fingerprint density at radius 1 is 1.20 bits per heavy atom. The third-order valence-corrected chi connectivity index (χ3v) is 4.22. The molecule has 4 heteroatoms. The highest BCUT2D eigenvalue weighted by Crippen LogP contribution is 2.40. The van der Waals surface area contributed by atoms with Crippen LogP contribution in [0.5, 0.6) is 5.95 Å². The highest BCUT2D eigenvalue weighted by atomic mass is 79.9. The molecule has 0 spiro atoms. The quantitative estimate of drug-likeness (QED) is 0.857. The minimum atomic E-state index is -0.900. The topological polar surface area (TPSA) is 42.6 Å². The number of hydrogen-bond acceptors (Lipinski definition) is 3. The molecular weight excluding hydrogens is 320 g/mol. The first-order chi connectivity index (χ1) is 9.54. The fourth-order valence-electron chi connectivity index (χ4n) is 2.26. The Bertz CT molecular complexity index is 568. The summed E-state index contributed by atoms with van der Waals surface area (Å²) >= 11 is 3.42. The number of rotatable bonds is 5. The Hall–Kier alpha value is -1.26. The lowest BCUT2D eigenvalue weighted by Gasteiger charge is -2.25. The molecule has 0 radical (unpaired) electrons. The number of furan rings is 1. The number of halogens is 1. The molecule has 2 rings (SSSR count). The average Bonchev–Trinajstić information content (AvgIpc) is 2.92. The lowest BCUT2D eigenvalue weighted by Crippen LogP contribution is -2.23. The van der Waals surface area contributed by atoms with Crippen LogP contribution in [0.25, 0.3) is 11.3 Å². The van der Waals surface area contributed by atoms with Crippen molar-refractivity contribution in [3.8, 4) is 17.3 Å². The summed E-state index contributed by atoms with van der Waals surface area (Å²) in [7, 11) is 1.56. The standard InChI is InChI=1S/C16H19BrO3/c1-4-16(18,5-2)13-10-14(19-3)20-15(13)11-6-8-12(17)9-7-11/h6-10,18H,4-5H2,1-3H3. The van der Waals surface area contributed by atoms with E-state index < -0.39 is 5.60 Å². The molecule has 3 nitrogen and oxygen atoms in total. The van der Waals surface area contributed by atoms with Crippen molar-refractivity contribution >= 4 is 15.9 Å². The molecule has 1 aromatic carbocycles. The second-order valence-electron chi connectivity index (χ2n) is 4.76. The van der Waals surface area contributed by atoms with E-state index in [2.05, 4.69) is 15.9 Å². The van der Waals surface area contributed by atoms with Crippen molar-refractivity contribution in [3.05, 3.63) is 40.4 Å². The summed E-state index contributed by atoms with van der Waals surface area (Å²) in [5.41, 5.74) is 0.802. The maximum atomic E-state index is 10.8. The van der Waals surface area contributed by atoms with Crippen LogP contribution in [0, 0.1) is 0 Å². The van der Waals surface area contributed by atoms with Crippen LogP contribution in [0.15, 0.2) is 39.2 Å². The van der Waals surface area contributed by atoms with Crippen LogP contribution in [0.2, 0.25) is 0 Å². The van der Waals surface area contributed by atoms with E-state index in [4.69, 9.17) is 9.15 Å². The second kappa shape index (κ2) is 6.02. The highest BCUT2D eigenvalue weighted by molar-refractivity contribution is 9.10. The molecule has 0 saturated carbocycles. The molecular formula is C16H19BrO3. The third kappa shape index (κ3) is 2.76. The van der Waals surface area contributed by atoms with Gasteiger partial charge < -0.3 is 14.3 Å². The zero-order valence-corrected chi connectivity index (χ0v) is 13.5. The SMILES string of the molecule is CCC(O)(CC)c1cc(OC)oc1-c1ccc(Br)cc1. The fraction of sp³-hybridized carbons (Fsp3) is 0.375. The lowest BCUT2D eigenvalue weighted by atomic mass is 9.87. The molecule has 0 aliphatic carbocycles. The van der Waals surface area contributed by atoms with Crippen molar-refractivity contribution in [2.45, 2.75) is 32.3 Å². The second-order valence-corrected chi connectivity index (χ2v) is 5.67. The van der Waals surface area contributed by atoms with Crippen LogP contribution >= 0.6 is 15.9 Å². The van der Waals surface area contributed by atoms with Crippen molar-refractivity contribution in [3.63, 3.8) is 0 Å². The van der Waals surface area contributed by atoms with Gasteiger partial charge in [0.05, 0.1) is 12.7 Å². The first-order valence-electron chi connectivity index (χ1n) is 6.70. The smallest absolute Gasteiger partial charge is 0.284 e. The zero-order chi connectivity index (χ0) is 14.8. The molecule has 0 amide bonds. The van der Waals surface area contributed by atoms with E-state index in [9.17, 15) is 5.11 Å². The first kappa shape index (κ1) is 15.1. The van der Waals surface area contributed by atoms with Gasteiger partial charge in [-0.25, -0.2) is 0 Å². The van der Waals surface area contributed by atoms with Crippen molar-refractivity contribution in [1.29, 1.82) is 0 Å². The zero-order valence-electron chi connectivity index (χ0n) is 11.9. The molecule has 1 N–H and O–H groups in total. The normalized spacial score (nSPS) is 11.7. The van der Waals surface area contributed by atoms with Gasteiger partial charge in [0.2, 0.25) is 0 Å². The number of aliphatic hydroxyl groups is 1. The molecule has 0 unspecified atom stereocenters. The van der Waals surface area contributed by atoms with Crippen molar-refractivity contribution in [1.82, 2.24) is 0 Å². The Labute approximate surface area is 127 Å². The Balaban J connectivity index is 2.57. The summed E-state index contributed by atoms with van der Waals surface area (Å²) in [5, 5.41) is 10.8. The van der Waals surface area contributed by atoms with E-state index in [1.807, 2.05) is 38.1 Å². The van der Waals surface area contributed by atoms with E-state index in [-0.39, 0.29) is 0 Å². The fourth-order valence-corrected chi connectivity index (χ4v) is 2.53. The number of hydrogen-bond donors (Lipinski definition) is 1. The molecule has 0 aliphatic rings. The molecule has 0 bridgehead atoms. The maximum Gasteiger partial charge on any atom is 0.284 e. The van der Waals surface area contributed by atoms with Crippen LogP contribution in [0.3, 0.4) is 0 Å². The summed E-state index contributed by atoms with van der Waals surface area (Å²) < 4.78 is 11.9. The maximum absolute atomic E-state index is 10.8. The van der Waals surface area contributed by atoms with Gasteiger partial charge in [-0.3, -0.25) is 0 Å². The molecule has 0 aliphatic heterocycles. The first-order valence-corrected chi connectivity index (χ1v) is 7.50. The monoisotopic (exact) mass is 338 g/mol. The number of methoxy groups -OCH3 is 1. The van der Waals surface area contributed by atoms with E-state index in [1.165, 1.54) is 0 Å². The van der Waals surface area contributed by atoms with Crippen molar-refractivity contribution < 1.29 is 14.3 Å². The highest BCUT2D eigenvalue weighted by Gasteiger charge is 2.31. The number of ether oxygens (including phenoxy) is 1. The van der Waals surface area contributed by atoms with Crippen LogP contribution in [-0.2, 0) is 5.60 Å². The largest absolute Gasteiger partial charge is 0.468 e. The van der Waals surface area contributed by atoms with Gasteiger partial charge in [0.25, 0.3) is 5.95 Å². The van der Waals surface area contributed by atoms with Crippen LogP contribution < -0.4 is 4.74 Å². The average molecular weight is 339 g/mol. The van der Waals surface area contributed by atoms with Gasteiger partial charge in [0.1, 0.15) is 5.76 Å². The molecule has 20 heavy (non-hydrogen) atoms. The lowest BCUT2D eigenvalue weighted by molar-refractivity contribution is 0.0285. The summed E-state index contributed by atoms with van der Waals surface area (Å²) in [6.45, 7) is 3.93. The molecule has 1 heterocycles. The van der Waals surface area contributed by atoms with Gasteiger partial charge in [-0.1, -0.05) is 41.9 Å². The molecule has 0 atom stereocenters. The Morgan fingerprint density at radius 3 is 2.30 bits per heavy atom. The van der Waals surface area contributed by atoms with E-state index >= 15 is 0 Å². The molecule has 0 fully saturated rings. The summed E-state index contributed by atoms with van der Waals surface area (Å²) in [6, 6.07) is 9.59. The van der Waals surface area contributed by atoms with Crippen molar-refractivity contribution in [2.75, 3.05) is 7.11 Å². The summed E-state index contributed by atoms with van der Waals surface area (Å²) in [4.78, 5) is 0. The number of benzene rings is 1. The van der Waals surface area contributed by atoms with E-state index in [0.29, 0.717) is 24.5 Å². The van der Waals surface area contributed by atoms with Crippen LogP contribution in [0.1, 0.15) is 32.3 Å². The van der Waals surface area contributed by atoms with Gasteiger partial charge >= 0.3 is 0 Å². The summed E-state index contributed by atoms with van der Waals surface area (Å²) in [5.74, 6) is 1.08. The van der Waals surface area contributed by atoms with Gasteiger partial charge in [-0.2, -0.15) is 0 Å². The molecule has 0 saturated heterocycles. The predicted octanol–water partition coefficient (Wildman–Crippen LogP) is 4.73. The summed E-state index contributed by atoms with van der Waals surface area (Å²) in [6.07, 6.45) is 1.24. The molecule has 108 valence electrons. The van der Waals surface area contributed by atoms with Gasteiger partial charge in [-0.05, 0) is 25.0 Å². The van der Waals surface area contributed by atoms with Gasteiger partial charge in [0, 0.05) is 21.7 Å². The molecule has 2 aromatic rings. The minimum Gasteiger partial charge on any atom is -0.468 e. The third-order valence-electron chi connectivity index (χ3n) is 3.69. The van der Waals surface area contributed by atoms with E-state index in [0.717, 1.165) is 15.6 Å². The Kier molecular flexibility index (Phi) is 4.55. The van der Waals surface area contributed by atoms with Crippen LogP contribution in [0.4, 0.5) is 0 Å². The predicted molar refractivity (Wildman–Crippen MR) is 82.9 cm³/mol. The molecule has 1 aromatic heterocycles. The Morgan fingerprint density at radius 2 is 1.80 bits per heavy atom. The van der Waals surface area contributed by atoms with E-state index in [1.54, 1.807) is 13.2 Å².